The molecule has 1 aliphatic carbocycles. The van der Waals surface area contributed by atoms with Crippen molar-refractivity contribution in [3.8, 4) is 0 Å². The highest BCUT2D eigenvalue weighted by Gasteiger charge is 2.07. The second kappa shape index (κ2) is 19.6. The number of nitrogens with one attached hydrogen (secondary N) is 1. The van der Waals surface area contributed by atoms with E-state index in [-0.39, 0.29) is 0 Å². The van der Waals surface area contributed by atoms with Crippen molar-refractivity contribution < 1.29 is 4.74 Å². The van der Waals surface area contributed by atoms with Crippen LogP contribution in [0.4, 0.5) is 0 Å². The molecule has 1 atom stereocenters. The third-order valence-electron chi connectivity index (χ3n) is 5.80. The molecular formula is C26H49NO. The second-order valence-corrected chi connectivity index (χ2v) is 8.52. The maximum atomic E-state index is 5.88. The summed E-state index contributed by atoms with van der Waals surface area (Å²) in [6.07, 6.45) is 30.3. The normalized spacial score (nSPS) is 16.4. The van der Waals surface area contributed by atoms with Gasteiger partial charge >= 0.3 is 0 Å². The molecule has 2 heteroatoms. The Labute approximate surface area is 176 Å². The van der Waals surface area contributed by atoms with E-state index in [0.717, 1.165) is 25.3 Å². The first-order valence-corrected chi connectivity index (χ1v) is 12.6. The monoisotopic (exact) mass is 391 g/mol. The fourth-order valence-electron chi connectivity index (χ4n) is 3.96. The van der Waals surface area contributed by atoms with E-state index in [9.17, 15) is 0 Å². The van der Waals surface area contributed by atoms with Crippen LogP contribution in [0.15, 0.2) is 24.0 Å². The first-order chi connectivity index (χ1) is 13.9. The number of ether oxygens (including phenoxy) is 1. The van der Waals surface area contributed by atoms with Crippen LogP contribution in [0.2, 0.25) is 0 Å². The predicted molar refractivity (Wildman–Crippen MR) is 125 cm³/mol. The van der Waals surface area contributed by atoms with Crippen LogP contribution >= 0.6 is 0 Å². The first-order valence-electron chi connectivity index (χ1n) is 12.6. The molecule has 1 N–H and O–H groups in total. The number of hydrogen-bond acceptors (Lipinski definition) is 2. The zero-order chi connectivity index (χ0) is 20.1. The summed E-state index contributed by atoms with van der Waals surface area (Å²) >= 11 is 0. The van der Waals surface area contributed by atoms with Crippen LogP contribution in [0.3, 0.4) is 0 Å². The Kier molecular flexibility index (Phi) is 17.7. The second-order valence-electron chi connectivity index (χ2n) is 8.52. The molecule has 0 fully saturated rings. The first kappa shape index (κ1) is 25.3. The van der Waals surface area contributed by atoms with Crippen LogP contribution in [0.5, 0.6) is 0 Å². The molecule has 1 aliphatic rings. The van der Waals surface area contributed by atoms with Gasteiger partial charge in [0.25, 0.3) is 0 Å². The lowest BCUT2D eigenvalue weighted by molar-refractivity contribution is 0.214. The number of hydrogen-bond donors (Lipinski definition) is 1. The molecule has 1 unspecified atom stereocenters. The van der Waals surface area contributed by atoms with E-state index in [2.05, 4.69) is 37.4 Å². The number of likely N-dealkylation sites (N-methyl/N-ethyl adjacent to an activating group) is 1. The van der Waals surface area contributed by atoms with Gasteiger partial charge in [-0.2, -0.15) is 0 Å². The van der Waals surface area contributed by atoms with E-state index in [1.807, 2.05) is 0 Å². The highest BCUT2D eigenvalue weighted by Crippen LogP contribution is 2.15. The van der Waals surface area contributed by atoms with Gasteiger partial charge in [-0.3, -0.25) is 0 Å². The standard InChI is InChI=1S/C26H49NO/c1-3-5-6-7-8-9-10-11-12-13-14-15-16-17-18-19-24-28-26-22-20-25(21-23-26)27-4-2/h20,22-23,25,27H,3-19,21,24H2,1-2H3. The van der Waals surface area contributed by atoms with E-state index >= 15 is 0 Å². The molecule has 1 rings (SSSR count). The Morgan fingerprint density at radius 3 is 1.68 bits per heavy atom. The lowest BCUT2D eigenvalue weighted by Gasteiger charge is -2.17. The molecule has 0 saturated carbocycles. The lowest BCUT2D eigenvalue weighted by atomic mass is 10.0. The Balaban J connectivity index is 1.74. The molecule has 0 aliphatic heterocycles. The van der Waals surface area contributed by atoms with Gasteiger partial charge in [-0.15, -0.1) is 0 Å². The summed E-state index contributed by atoms with van der Waals surface area (Å²) in [5.74, 6) is 1.06. The van der Waals surface area contributed by atoms with Gasteiger partial charge in [0.15, 0.2) is 0 Å². The van der Waals surface area contributed by atoms with Gasteiger partial charge in [-0.05, 0) is 31.5 Å². The third-order valence-corrected chi connectivity index (χ3v) is 5.80. The van der Waals surface area contributed by atoms with Crippen LogP contribution in [-0.2, 0) is 4.74 Å². The largest absolute Gasteiger partial charge is 0.494 e. The van der Waals surface area contributed by atoms with E-state index in [1.54, 1.807) is 0 Å². The topological polar surface area (TPSA) is 21.3 Å². The quantitative estimate of drug-likeness (QED) is 0.212. The third kappa shape index (κ3) is 15.2. The van der Waals surface area contributed by atoms with Crippen LogP contribution in [0.25, 0.3) is 0 Å². The minimum absolute atomic E-state index is 0.493. The van der Waals surface area contributed by atoms with Crippen LogP contribution < -0.4 is 5.32 Å². The highest BCUT2D eigenvalue weighted by atomic mass is 16.5. The van der Waals surface area contributed by atoms with E-state index in [1.165, 1.54) is 103 Å². The van der Waals surface area contributed by atoms with Crippen molar-refractivity contribution >= 4 is 0 Å². The predicted octanol–water partition coefficient (Wildman–Crippen LogP) is 8.09. The molecule has 0 aromatic carbocycles. The van der Waals surface area contributed by atoms with E-state index in [0.29, 0.717) is 6.04 Å². The minimum Gasteiger partial charge on any atom is -0.494 e. The van der Waals surface area contributed by atoms with Gasteiger partial charge in [0.2, 0.25) is 0 Å². The van der Waals surface area contributed by atoms with Crippen LogP contribution in [0.1, 0.15) is 123 Å². The summed E-state index contributed by atoms with van der Waals surface area (Å²) in [5.41, 5.74) is 0. The Morgan fingerprint density at radius 1 is 0.750 bits per heavy atom. The van der Waals surface area contributed by atoms with Gasteiger partial charge in [-0.25, -0.2) is 0 Å². The Hall–Kier alpha value is -0.760. The Bertz CT molecular complexity index is 388. The van der Waals surface area contributed by atoms with Gasteiger partial charge < -0.3 is 10.1 Å². The van der Waals surface area contributed by atoms with E-state index < -0.39 is 0 Å². The van der Waals surface area contributed by atoms with Crippen molar-refractivity contribution in [1.82, 2.24) is 5.32 Å². The molecule has 0 bridgehead atoms. The SMILES string of the molecule is CCCCCCCCCCCCCCCCCCOC1=CCC(NCC)C=C1. The molecule has 0 amide bonds. The van der Waals surface area contributed by atoms with Crippen molar-refractivity contribution in [2.45, 2.75) is 129 Å². The summed E-state index contributed by atoms with van der Waals surface area (Å²) in [6.45, 7) is 6.35. The molecule has 0 radical (unpaired) electrons. The summed E-state index contributed by atoms with van der Waals surface area (Å²) in [7, 11) is 0. The zero-order valence-corrected chi connectivity index (χ0v) is 19.2. The average molecular weight is 392 g/mol. The van der Waals surface area contributed by atoms with Gasteiger partial charge in [0, 0.05) is 6.04 Å². The zero-order valence-electron chi connectivity index (χ0n) is 19.2. The summed E-state index contributed by atoms with van der Waals surface area (Å²) in [4.78, 5) is 0. The van der Waals surface area contributed by atoms with Gasteiger partial charge in [0.05, 0.1) is 6.61 Å². The summed E-state index contributed by atoms with van der Waals surface area (Å²) in [5, 5.41) is 3.44. The Morgan fingerprint density at radius 2 is 1.25 bits per heavy atom. The lowest BCUT2D eigenvalue weighted by Crippen LogP contribution is -2.27. The fraction of sp³-hybridized carbons (Fsp3) is 0.846. The van der Waals surface area contributed by atoms with Crippen molar-refractivity contribution in [2.75, 3.05) is 13.2 Å². The molecule has 0 aromatic heterocycles. The smallest absolute Gasteiger partial charge is 0.115 e. The van der Waals surface area contributed by atoms with Crippen molar-refractivity contribution in [2.24, 2.45) is 0 Å². The van der Waals surface area contributed by atoms with Crippen molar-refractivity contribution in [3.05, 3.63) is 24.0 Å². The maximum absolute atomic E-state index is 5.88. The maximum Gasteiger partial charge on any atom is 0.115 e. The number of rotatable bonds is 20. The molecule has 0 heterocycles. The molecular weight excluding hydrogens is 342 g/mol. The molecule has 164 valence electrons. The molecule has 28 heavy (non-hydrogen) atoms. The van der Waals surface area contributed by atoms with Crippen LogP contribution in [-0.4, -0.2) is 19.2 Å². The van der Waals surface area contributed by atoms with Crippen molar-refractivity contribution in [1.29, 1.82) is 0 Å². The van der Waals surface area contributed by atoms with E-state index in [4.69, 9.17) is 4.74 Å². The van der Waals surface area contributed by atoms with Crippen LogP contribution in [0, 0.1) is 0 Å². The number of allylic oxidation sites excluding steroid dienone is 1. The summed E-state index contributed by atoms with van der Waals surface area (Å²) in [6, 6.07) is 0.493. The fourth-order valence-corrected chi connectivity index (χ4v) is 3.96. The minimum atomic E-state index is 0.493. The molecule has 2 nitrogen and oxygen atoms in total. The molecule has 0 spiro atoms. The van der Waals surface area contributed by atoms with Gasteiger partial charge in [-0.1, -0.05) is 116 Å². The highest BCUT2D eigenvalue weighted by molar-refractivity contribution is 5.20. The molecule has 0 aromatic rings. The number of unbranched alkanes of at least 4 members (excludes halogenated alkanes) is 15. The molecule has 0 saturated heterocycles. The van der Waals surface area contributed by atoms with Crippen molar-refractivity contribution in [3.63, 3.8) is 0 Å². The average Bonchev–Trinajstić information content (AvgIpc) is 2.72. The summed E-state index contributed by atoms with van der Waals surface area (Å²) < 4.78 is 5.88. The van der Waals surface area contributed by atoms with Gasteiger partial charge in [0.1, 0.15) is 5.76 Å².